The minimum Gasteiger partial charge on any atom is -0.373 e. The number of ether oxygens (including phenoxy) is 1. The number of nitrogens with zero attached hydrogens (tertiary/aromatic N) is 1. The normalized spacial score (nSPS) is 22.6. The van der Waals surface area contributed by atoms with E-state index in [1.807, 2.05) is 13.8 Å². The number of morpholine rings is 1. The quantitative estimate of drug-likeness (QED) is 0.856. The topological polar surface area (TPSA) is 75.7 Å². The number of sulfone groups is 1. The lowest BCUT2D eigenvalue weighted by Crippen LogP contribution is -2.58. The Hall–Kier alpha value is -1.44. The van der Waals surface area contributed by atoms with Crippen molar-refractivity contribution >= 4 is 15.7 Å². The minimum atomic E-state index is -3.33. The van der Waals surface area contributed by atoms with Gasteiger partial charge < -0.3 is 10.1 Å². The van der Waals surface area contributed by atoms with Crippen molar-refractivity contribution in [2.45, 2.75) is 50.3 Å². The number of carbonyl (C=O) groups is 1. The largest absolute Gasteiger partial charge is 0.373 e. The fourth-order valence-corrected chi connectivity index (χ4v) is 3.72. The van der Waals surface area contributed by atoms with Gasteiger partial charge in [0, 0.05) is 37.0 Å². The van der Waals surface area contributed by atoms with Crippen molar-refractivity contribution in [3.05, 3.63) is 29.8 Å². The molecule has 25 heavy (non-hydrogen) atoms. The third-order valence-electron chi connectivity index (χ3n) is 4.48. The van der Waals surface area contributed by atoms with Crippen molar-refractivity contribution in [2.75, 3.05) is 25.9 Å². The van der Waals surface area contributed by atoms with Crippen LogP contribution in [0.2, 0.25) is 0 Å². The van der Waals surface area contributed by atoms with E-state index >= 15 is 0 Å². The first kappa shape index (κ1) is 19.9. The van der Waals surface area contributed by atoms with E-state index in [4.69, 9.17) is 4.74 Å². The Morgan fingerprint density at radius 3 is 2.44 bits per heavy atom. The van der Waals surface area contributed by atoms with Crippen molar-refractivity contribution in [3.63, 3.8) is 0 Å². The summed E-state index contributed by atoms with van der Waals surface area (Å²) in [6, 6.07) is 6.11. The highest BCUT2D eigenvalue weighted by molar-refractivity contribution is 7.90. The Bertz CT molecular complexity index is 720. The second kappa shape index (κ2) is 7.43. The highest BCUT2D eigenvalue weighted by atomic mass is 32.2. The van der Waals surface area contributed by atoms with Crippen molar-refractivity contribution < 1.29 is 17.9 Å². The van der Waals surface area contributed by atoms with Gasteiger partial charge in [-0.2, -0.15) is 0 Å². The molecule has 1 heterocycles. The van der Waals surface area contributed by atoms with Crippen molar-refractivity contribution in [2.24, 2.45) is 0 Å². The van der Waals surface area contributed by atoms with Crippen LogP contribution >= 0.6 is 0 Å². The van der Waals surface area contributed by atoms with Crippen LogP contribution in [0, 0.1) is 0 Å². The van der Waals surface area contributed by atoms with E-state index in [2.05, 4.69) is 24.1 Å². The van der Waals surface area contributed by atoms with E-state index in [9.17, 15) is 13.2 Å². The second-order valence-corrected chi connectivity index (χ2v) is 9.47. The molecule has 0 bridgehead atoms. The monoisotopic (exact) mass is 368 g/mol. The molecule has 1 amide bonds. The van der Waals surface area contributed by atoms with Gasteiger partial charge in [-0.05, 0) is 45.9 Å². The van der Waals surface area contributed by atoms with E-state index in [0.717, 1.165) is 19.3 Å². The lowest BCUT2D eigenvalue weighted by molar-refractivity contribution is -0.0948. The number of carbonyl (C=O) groups excluding carboxylic acids is 1. The van der Waals surface area contributed by atoms with Gasteiger partial charge in [0.2, 0.25) is 0 Å². The molecule has 1 aliphatic heterocycles. The molecule has 1 fully saturated rings. The highest BCUT2D eigenvalue weighted by Crippen LogP contribution is 2.21. The van der Waals surface area contributed by atoms with E-state index < -0.39 is 9.84 Å². The summed E-state index contributed by atoms with van der Waals surface area (Å²) in [6.45, 7) is 10.4. The summed E-state index contributed by atoms with van der Waals surface area (Å²) >= 11 is 0. The molecule has 6 nitrogen and oxygen atoms in total. The lowest BCUT2D eigenvalue weighted by atomic mass is 10.00. The molecule has 7 heteroatoms. The van der Waals surface area contributed by atoms with Gasteiger partial charge in [0.05, 0.1) is 17.1 Å². The molecule has 1 aliphatic rings. The van der Waals surface area contributed by atoms with Gasteiger partial charge >= 0.3 is 0 Å². The molecule has 1 saturated heterocycles. The number of benzene rings is 1. The average molecular weight is 368 g/mol. The first-order valence-corrected chi connectivity index (χ1v) is 10.4. The standard InChI is InChI=1S/C18H28N2O4S/c1-13-10-20(11-14(2)24-13)18(3,4)12-19-17(21)15-7-6-8-16(9-15)25(5,22)23/h6-9,13-14H,10-12H2,1-5H3,(H,19,21). The minimum absolute atomic E-state index is 0.148. The second-order valence-electron chi connectivity index (χ2n) is 7.46. The summed E-state index contributed by atoms with van der Waals surface area (Å²) in [5.41, 5.74) is 0.124. The Labute approximate surface area is 150 Å². The molecular formula is C18H28N2O4S. The molecule has 1 aromatic rings. The Morgan fingerprint density at radius 2 is 1.88 bits per heavy atom. The molecule has 140 valence electrons. The molecule has 1 N–H and O–H groups in total. The average Bonchev–Trinajstić information content (AvgIpc) is 2.51. The molecule has 2 unspecified atom stereocenters. The summed E-state index contributed by atoms with van der Waals surface area (Å²) in [5, 5.41) is 2.93. The van der Waals surface area contributed by atoms with E-state index in [0.29, 0.717) is 12.1 Å². The summed E-state index contributed by atoms with van der Waals surface area (Å²) < 4.78 is 29.1. The number of hydrogen-bond donors (Lipinski definition) is 1. The summed E-state index contributed by atoms with van der Waals surface area (Å²) in [5.74, 6) is -0.270. The van der Waals surface area contributed by atoms with Gasteiger partial charge in [-0.1, -0.05) is 6.07 Å². The van der Waals surface area contributed by atoms with Crippen molar-refractivity contribution in [3.8, 4) is 0 Å². The third kappa shape index (κ3) is 5.26. The van der Waals surface area contributed by atoms with E-state index in [-0.39, 0.29) is 28.5 Å². The van der Waals surface area contributed by atoms with Crippen LogP contribution in [0.25, 0.3) is 0 Å². The van der Waals surface area contributed by atoms with Gasteiger partial charge in [0.25, 0.3) is 5.91 Å². The molecule has 0 saturated carbocycles. The number of amides is 1. The zero-order chi connectivity index (χ0) is 18.8. The van der Waals surface area contributed by atoms with Gasteiger partial charge in [-0.3, -0.25) is 9.69 Å². The fourth-order valence-electron chi connectivity index (χ4n) is 3.05. The maximum absolute atomic E-state index is 12.4. The first-order chi connectivity index (χ1) is 11.5. The molecule has 2 rings (SSSR count). The summed E-state index contributed by atoms with van der Waals surface area (Å²) in [4.78, 5) is 14.9. The van der Waals surface area contributed by atoms with Crippen LogP contribution < -0.4 is 5.32 Å². The molecule has 0 aromatic heterocycles. The van der Waals surface area contributed by atoms with E-state index in [1.54, 1.807) is 12.1 Å². The van der Waals surface area contributed by atoms with Crippen LogP contribution in [-0.2, 0) is 14.6 Å². The van der Waals surface area contributed by atoms with Gasteiger partial charge in [-0.25, -0.2) is 8.42 Å². The van der Waals surface area contributed by atoms with Crippen molar-refractivity contribution in [1.29, 1.82) is 0 Å². The molecule has 0 radical (unpaired) electrons. The van der Waals surface area contributed by atoms with Gasteiger partial charge in [0.15, 0.2) is 9.84 Å². The predicted molar refractivity (Wildman–Crippen MR) is 97.5 cm³/mol. The molecular weight excluding hydrogens is 340 g/mol. The van der Waals surface area contributed by atoms with Crippen molar-refractivity contribution in [1.82, 2.24) is 10.2 Å². The zero-order valence-electron chi connectivity index (χ0n) is 15.6. The molecule has 1 aromatic carbocycles. The summed E-state index contributed by atoms with van der Waals surface area (Å²) in [6.07, 6.45) is 1.45. The fraction of sp³-hybridized carbons (Fsp3) is 0.611. The predicted octanol–water partition coefficient (Wildman–Crippen LogP) is 1.71. The van der Waals surface area contributed by atoms with Crippen LogP contribution in [0.1, 0.15) is 38.1 Å². The third-order valence-corrected chi connectivity index (χ3v) is 5.59. The molecule has 0 spiro atoms. The van der Waals surface area contributed by atoms with Crippen LogP contribution in [0.3, 0.4) is 0 Å². The SMILES string of the molecule is CC1CN(C(C)(C)CNC(=O)c2cccc(S(C)(=O)=O)c2)CC(C)O1. The summed E-state index contributed by atoms with van der Waals surface area (Å²) in [7, 11) is -3.33. The highest BCUT2D eigenvalue weighted by Gasteiger charge is 2.33. The van der Waals surface area contributed by atoms with Crippen LogP contribution in [0.4, 0.5) is 0 Å². The van der Waals surface area contributed by atoms with Gasteiger partial charge in [-0.15, -0.1) is 0 Å². The Morgan fingerprint density at radius 1 is 1.28 bits per heavy atom. The maximum atomic E-state index is 12.4. The maximum Gasteiger partial charge on any atom is 0.251 e. The number of hydrogen-bond acceptors (Lipinski definition) is 5. The molecule has 2 atom stereocenters. The number of nitrogens with one attached hydrogen (secondary N) is 1. The van der Waals surface area contributed by atoms with E-state index in [1.165, 1.54) is 12.1 Å². The Kier molecular flexibility index (Phi) is 5.91. The lowest BCUT2D eigenvalue weighted by Gasteiger charge is -2.45. The first-order valence-electron chi connectivity index (χ1n) is 8.48. The zero-order valence-corrected chi connectivity index (χ0v) is 16.4. The smallest absolute Gasteiger partial charge is 0.251 e. The Balaban J connectivity index is 2.04. The van der Waals surface area contributed by atoms with Crippen LogP contribution in [0.5, 0.6) is 0 Å². The van der Waals surface area contributed by atoms with Gasteiger partial charge in [0.1, 0.15) is 0 Å². The number of rotatable bonds is 5. The van der Waals surface area contributed by atoms with Crippen LogP contribution in [-0.4, -0.2) is 62.9 Å². The molecule has 0 aliphatic carbocycles. The van der Waals surface area contributed by atoms with Crippen LogP contribution in [0.15, 0.2) is 29.2 Å².